The third kappa shape index (κ3) is 5.94. The number of hydrogen-bond acceptors (Lipinski definition) is 2. The zero-order chi connectivity index (χ0) is 15.8. The van der Waals surface area contributed by atoms with E-state index in [4.69, 9.17) is 17.0 Å². The Bertz CT molecular complexity index is 630. The van der Waals surface area contributed by atoms with Crippen molar-refractivity contribution < 1.29 is 26.0 Å². The second kappa shape index (κ2) is 9.40. The molecule has 2 rings (SSSR count). The van der Waals surface area contributed by atoms with E-state index in [0.29, 0.717) is 5.75 Å². The summed E-state index contributed by atoms with van der Waals surface area (Å²) in [6.45, 7) is 6.02. The number of halogens is 2. The van der Waals surface area contributed by atoms with Gasteiger partial charge in [-0.2, -0.15) is 0 Å². The molecule has 0 heterocycles. The van der Waals surface area contributed by atoms with Crippen LogP contribution in [0.4, 0.5) is 5.69 Å². The molecular formula is C16H17Cl2NOZr. The predicted octanol–water partition coefficient (Wildman–Crippen LogP) is 5.44. The molecule has 0 amide bonds. The molecule has 5 heteroatoms. The molecule has 2 aromatic carbocycles. The van der Waals surface area contributed by atoms with Crippen LogP contribution in [0, 0.1) is 20.8 Å². The fourth-order valence-corrected chi connectivity index (χ4v) is 1.74. The van der Waals surface area contributed by atoms with E-state index >= 15 is 0 Å². The Morgan fingerprint density at radius 1 is 1.00 bits per heavy atom. The number of aliphatic imine (C=N–C) groups is 1. The van der Waals surface area contributed by atoms with Crippen LogP contribution in [-0.2, 0) is 20.8 Å². The van der Waals surface area contributed by atoms with Crippen LogP contribution in [0.15, 0.2) is 41.4 Å². The fourth-order valence-electron chi connectivity index (χ4n) is 1.74. The molecule has 0 saturated carbocycles. The van der Waals surface area contributed by atoms with Gasteiger partial charge in [0.2, 0.25) is 0 Å². The number of benzene rings is 2. The molecule has 0 unspecified atom stereocenters. The first-order chi connectivity index (χ1) is 9.99. The molecule has 0 fully saturated rings. The second-order valence-corrected chi connectivity index (χ2v) is 8.34. The van der Waals surface area contributed by atoms with E-state index in [1.54, 1.807) is 6.21 Å². The first kappa shape index (κ1) is 18.4. The van der Waals surface area contributed by atoms with Gasteiger partial charge in [0, 0.05) is 11.8 Å². The maximum absolute atomic E-state index is 9.88. The van der Waals surface area contributed by atoms with Gasteiger partial charge in [-0.3, -0.25) is 4.99 Å². The van der Waals surface area contributed by atoms with Crippen molar-refractivity contribution in [2.24, 2.45) is 4.99 Å². The number of rotatable bonds is 2. The molecule has 0 radical (unpaired) electrons. The number of phenolic OH excluding ortho intramolecular Hbond substituents is 1. The van der Waals surface area contributed by atoms with Crippen molar-refractivity contribution in [2.75, 3.05) is 0 Å². The van der Waals surface area contributed by atoms with Crippen LogP contribution in [0.3, 0.4) is 0 Å². The Morgan fingerprint density at radius 3 is 2.29 bits per heavy atom. The van der Waals surface area contributed by atoms with E-state index in [1.165, 1.54) is 11.1 Å². The standard InChI is InChI=1S/C16H17NO.2ClH.Zr/c1-11-7-8-15(9-13(11)3)17-10-14-6-4-5-12(2)16(14)18;;;/h4-10,18H,1-3H3;2*1H;/q;;;+2/p-2. The van der Waals surface area contributed by atoms with Crippen molar-refractivity contribution in [2.45, 2.75) is 20.8 Å². The summed E-state index contributed by atoms with van der Waals surface area (Å²) in [6, 6.07) is 11.7. The van der Waals surface area contributed by atoms with Gasteiger partial charge in [-0.25, -0.2) is 0 Å². The van der Waals surface area contributed by atoms with Crippen molar-refractivity contribution in [3.8, 4) is 5.75 Å². The third-order valence-electron chi connectivity index (χ3n) is 3.11. The van der Waals surface area contributed by atoms with Crippen molar-refractivity contribution >= 4 is 28.9 Å². The normalized spacial score (nSPS) is 10.1. The maximum atomic E-state index is 9.88. The zero-order valence-corrected chi connectivity index (χ0v) is 16.2. The molecular weight excluding hydrogens is 384 g/mol. The van der Waals surface area contributed by atoms with Gasteiger partial charge < -0.3 is 5.11 Å². The number of aromatic hydroxyl groups is 1. The Kier molecular flexibility index (Phi) is 8.25. The van der Waals surface area contributed by atoms with Crippen molar-refractivity contribution in [3.05, 3.63) is 58.7 Å². The summed E-state index contributed by atoms with van der Waals surface area (Å²) in [4.78, 5) is 4.40. The average Bonchev–Trinajstić information content (AvgIpc) is 2.45. The van der Waals surface area contributed by atoms with Crippen LogP contribution in [0.5, 0.6) is 5.75 Å². The Hall–Kier alpha value is -0.627. The van der Waals surface area contributed by atoms with E-state index in [-0.39, 0.29) is 0 Å². The molecule has 2 nitrogen and oxygen atoms in total. The molecule has 0 aliphatic heterocycles. The van der Waals surface area contributed by atoms with E-state index in [1.807, 2.05) is 37.3 Å². The van der Waals surface area contributed by atoms with Crippen molar-refractivity contribution in [1.29, 1.82) is 0 Å². The SMILES string of the molecule is Cc1ccc(N=Cc2cccc(C)c2O)cc1C.[Cl][Zr][Cl]. The number of hydrogen-bond donors (Lipinski definition) is 1. The summed E-state index contributed by atoms with van der Waals surface area (Å²) < 4.78 is 0. The van der Waals surface area contributed by atoms with Gasteiger partial charge >= 0.3 is 37.9 Å². The van der Waals surface area contributed by atoms with Gasteiger partial charge in [0.15, 0.2) is 0 Å². The van der Waals surface area contributed by atoms with Crippen molar-refractivity contribution in [3.63, 3.8) is 0 Å². The second-order valence-electron chi connectivity index (χ2n) is 4.61. The minimum absolute atomic E-state index is 0.296. The Labute approximate surface area is 144 Å². The Balaban J connectivity index is 0.000000677. The van der Waals surface area contributed by atoms with E-state index in [9.17, 15) is 5.11 Å². The number of aryl methyl sites for hydroxylation is 3. The van der Waals surface area contributed by atoms with Crippen LogP contribution in [0.1, 0.15) is 22.3 Å². The summed E-state index contributed by atoms with van der Waals surface area (Å²) in [6.07, 6.45) is 1.70. The topological polar surface area (TPSA) is 32.6 Å². The molecule has 21 heavy (non-hydrogen) atoms. The number of nitrogens with zero attached hydrogens (tertiary/aromatic N) is 1. The molecule has 0 saturated heterocycles. The van der Waals surface area contributed by atoms with E-state index in [2.05, 4.69) is 24.9 Å². The van der Waals surface area contributed by atoms with Crippen LogP contribution in [-0.4, -0.2) is 11.3 Å². The first-order valence-electron chi connectivity index (χ1n) is 6.35. The van der Waals surface area contributed by atoms with E-state index in [0.717, 1.165) is 16.8 Å². The molecule has 0 aliphatic carbocycles. The molecule has 0 aliphatic rings. The minimum atomic E-state index is -0.826. The third-order valence-corrected chi connectivity index (χ3v) is 3.11. The summed E-state index contributed by atoms with van der Waals surface area (Å²) >= 11 is -0.826. The number of phenols is 1. The van der Waals surface area contributed by atoms with Gasteiger partial charge in [-0.05, 0) is 55.7 Å². The summed E-state index contributed by atoms with van der Waals surface area (Å²) in [7, 11) is 9.87. The van der Waals surface area contributed by atoms with Crippen LogP contribution >= 0.6 is 17.0 Å². The predicted molar refractivity (Wildman–Crippen MR) is 87.7 cm³/mol. The fraction of sp³-hybridized carbons (Fsp3) is 0.188. The molecule has 0 atom stereocenters. The van der Waals surface area contributed by atoms with Gasteiger partial charge in [-0.1, -0.05) is 18.2 Å². The van der Waals surface area contributed by atoms with Gasteiger partial charge in [0.05, 0.1) is 5.69 Å². The van der Waals surface area contributed by atoms with Gasteiger partial charge in [0.1, 0.15) is 5.75 Å². The molecule has 0 aromatic heterocycles. The summed E-state index contributed by atoms with van der Waals surface area (Å²) in [5.74, 6) is 0.296. The molecule has 110 valence electrons. The van der Waals surface area contributed by atoms with E-state index < -0.39 is 20.8 Å². The quantitative estimate of drug-likeness (QED) is 0.668. The Morgan fingerprint density at radius 2 is 1.67 bits per heavy atom. The zero-order valence-electron chi connectivity index (χ0n) is 12.2. The van der Waals surface area contributed by atoms with Gasteiger partial charge in [0.25, 0.3) is 0 Å². The van der Waals surface area contributed by atoms with Crippen LogP contribution in [0.25, 0.3) is 0 Å². The molecule has 0 spiro atoms. The van der Waals surface area contributed by atoms with Crippen molar-refractivity contribution in [1.82, 2.24) is 0 Å². The van der Waals surface area contributed by atoms with Gasteiger partial charge in [-0.15, -0.1) is 0 Å². The monoisotopic (exact) mass is 399 g/mol. The molecule has 2 aromatic rings. The summed E-state index contributed by atoms with van der Waals surface area (Å²) in [5.41, 5.74) is 4.98. The number of para-hydroxylation sites is 1. The van der Waals surface area contributed by atoms with Crippen LogP contribution in [0.2, 0.25) is 0 Å². The molecule has 1 N–H and O–H groups in total. The average molecular weight is 401 g/mol. The first-order valence-corrected chi connectivity index (χ1v) is 12.7. The molecule has 0 bridgehead atoms. The van der Waals surface area contributed by atoms with Crippen LogP contribution < -0.4 is 0 Å². The summed E-state index contributed by atoms with van der Waals surface area (Å²) in [5, 5.41) is 9.88.